The van der Waals surface area contributed by atoms with Gasteiger partial charge in [0, 0.05) is 0 Å². The van der Waals surface area contributed by atoms with Crippen molar-refractivity contribution in [2.24, 2.45) is 0 Å². The van der Waals surface area contributed by atoms with Gasteiger partial charge in [-0.25, -0.2) is 0 Å². The number of hydrogen-bond donors (Lipinski definition) is 0. The summed E-state index contributed by atoms with van der Waals surface area (Å²) in [5.74, 6) is 0.884. The van der Waals surface area contributed by atoms with Gasteiger partial charge in [-0.05, 0) is 64.0 Å². The van der Waals surface area contributed by atoms with Crippen molar-refractivity contribution in [2.75, 3.05) is 0 Å². The van der Waals surface area contributed by atoms with E-state index in [1.165, 1.54) is 59.9 Å². The fourth-order valence-electron chi connectivity index (χ4n) is 3.63. The minimum absolute atomic E-state index is 0.884. The van der Waals surface area contributed by atoms with Crippen molar-refractivity contribution < 1.29 is 0 Å². The molecule has 0 unspecified atom stereocenters. The minimum Gasteiger partial charge on any atom is -0.0651 e. The van der Waals surface area contributed by atoms with Crippen LogP contribution in [0.15, 0.2) is 72.8 Å². The van der Waals surface area contributed by atoms with E-state index < -0.39 is 0 Å². The molecule has 1 aliphatic rings. The molecule has 1 saturated carbocycles. The molecule has 1 aliphatic carbocycles. The summed E-state index contributed by atoms with van der Waals surface area (Å²) in [6, 6.07) is 26.1. The van der Waals surface area contributed by atoms with Crippen LogP contribution in [0, 0.1) is 27.7 Å². The first-order valence-corrected chi connectivity index (χ1v) is 11.1. The standard InChI is InChI=1S/C11H14.C10H14.C8H10/c1-9-4-2-7-11(8-9)10-5-3-6-10;1-3-5-10-7-4-6-9(2)8-10;1-7-4-3-5-8(2)6-7/h2,4,7-8,10H,3,5-6H2,1H3;4,6-8H,3,5H2,1-2H3;3-6H,1-2H3. The number of hydrogen-bond acceptors (Lipinski definition) is 0. The summed E-state index contributed by atoms with van der Waals surface area (Å²) in [7, 11) is 0. The SMILES string of the molecule is CCCc1cccc(C)c1.Cc1cccc(C)c1.Cc1cccc(C2CCC2)c1. The molecule has 0 radical (unpaired) electrons. The van der Waals surface area contributed by atoms with Gasteiger partial charge in [0.15, 0.2) is 0 Å². The molecule has 0 heteroatoms. The Kier molecular flexibility index (Phi) is 9.71. The molecule has 0 spiro atoms. The molecule has 0 bridgehead atoms. The number of benzene rings is 3. The zero-order valence-corrected chi connectivity index (χ0v) is 19.0. The molecule has 29 heavy (non-hydrogen) atoms. The lowest BCUT2D eigenvalue weighted by molar-refractivity contribution is 0.419. The maximum Gasteiger partial charge on any atom is -0.0162 e. The molecule has 3 aromatic rings. The predicted octanol–water partition coefficient (Wildman–Crippen LogP) is 8.51. The van der Waals surface area contributed by atoms with E-state index in [1.807, 2.05) is 0 Å². The summed E-state index contributed by atoms with van der Waals surface area (Å²) in [6.45, 7) is 10.7. The first-order valence-electron chi connectivity index (χ1n) is 11.1. The molecule has 154 valence electrons. The van der Waals surface area contributed by atoms with Gasteiger partial charge in [0.05, 0.1) is 0 Å². The van der Waals surface area contributed by atoms with E-state index in [9.17, 15) is 0 Å². The van der Waals surface area contributed by atoms with Crippen molar-refractivity contribution >= 4 is 0 Å². The molecule has 0 amide bonds. The molecule has 0 nitrogen and oxygen atoms in total. The Bertz CT molecular complexity index is 838. The third kappa shape index (κ3) is 8.69. The first kappa shape index (κ1) is 22.9. The normalized spacial score (nSPS) is 12.7. The van der Waals surface area contributed by atoms with Gasteiger partial charge in [-0.1, -0.05) is 115 Å². The van der Waals surface area contributed by atoms with Gasteiger partial charge in [0.25, 0.3) is 0 Å². The van der Waals surface area contributed by atoms with E-state index in [1.54, 1.807) is 5.56 Å². The molecule has 0 N–H and O–H groups in total. The average Bonchev–Trinajstić information content (AvgIpc) is 2.62. The Morgan fingerprint density at radius 1 is 0.655 bits per heavy atom. The van der Waals surface area contributed by atoms with Crippen LogP contribution >= 0.6 is 0 Å². The third-order valence-corrected chi connectivity index (χ3v) is 5.41. The van der Waals surface area contributed by atoms with Crippen LogP contribution in [0.3, 0.4) is 0 Å². The van der Waals surface area contributed by atoms with Crippen LogP contribution in [0.5, 0.6) is 0 Å². The lowest BCUT2D eigenvalue weighted by Crippen LogP contribution is -2.08. The van der Waals surface area contributed by atoms with Crippen LogP contribution in [0.1, 0.15) is 71.9 Å². The number of aryl methyl sites for hydroxylation is 5. The molecule has 0 aromatic heterocycles. The molecule has 0 saturated heterocycles. The Labute approximate surface area is 179 Å². The summed E-state index contributed by atoms with van der Waals surface area (Å²) in [4.78, 5) is 0. The molecular weight excluding hydrogens is 348 g/mol. The Balaban J connectivity index is 0.000000157. The summed E-state index contributed by atoms with van der Waals surface area (Å²) >= 11 is 0. The maximum absolute atomic E-state index is 2.32. The zero-order valence-electron chi connectivity index (χ0n) is 19.0. The van der Waals surface area contributed by atoms with Crippen LogP contribution in [0.4, 0.5) is 0 Å². The Morgan fingerprint density at radius 2 is 1.17 bits per heavy atom. The van der Waals surface area contributed by atoms with Crippen molar-refractivity contribution in [3.8, 4) is 0 Å². The summed E-state index contributed by atoms with van der Waals surface area (Å²) in [5.41, 5.74) is 8.45. The monoisotopic (exact) mass is 386 g/mol. The van der Waals surface area contributed by atoms with E-state index in [2.05, 4.69) is 107 Å². The smallest absolute Gasteiger partial charge is 0.0162 e. The average molecular weight is 387 g/mol. The second-order valence-electron chi connectivity index (χ2n) is 8.44. The van der Waals surface area contributed by atoms with Crippen LogP contribution < -0.4 is 0 Å². The topological polar surface area (TPSA) is 0 Å². The van der Waals surface area contributed by atoms with Crippen LogP contribution in [0.2, 0.25) is 0 Å². The van der Waals surface area contributed by atoms with Crippen LogP contribution in [-0.4, -0.2) is 0 Å². The van der Waals surface area contributed by atoms with Crippen molar-refractivity contribution in [3.05, 3.63) is 106 Å². The van der Waals surface area contributed by atoms with Crippen molar-refractivity contribution in [1.82, 2.24) is 0 Å². The molecule has 3 aromatic carbocycles. The lowest BCUT2D eigenvalue weighted by atomic mass is 9.80. The summed E-state index contributed by atoms with van der Waals surface area (Å²) in [6.07, 6.45) is 6.69. The van der Waals surface area contributed by atoms with Gasteiger partial charge < -0.3 is 0 Å². The first-order chi connectivity index (χ1) is 14.0. The highest BCUT2D eigenvalue weighted by Crippen LogP contribution is 2.36. The predicted molar refractivity (Wildman–Crippen MR) is 129 cm³/mol. The van der Waals surface area contributed by atoms with E-state index in [0.29, 0.717) is 0 Å². The molecular formula is C29H38. The van der Waals surface area contributed by atoms with Crippen molar-refractivity contribution in [2.45, 2.75) is 72.6 Å². The van der Waals surface area contributed by atoms with Crippen molar-refractivity contribution in [1.29, 1.82) is 0 Å². The Hall–Kier alpha value is -2.34. The van der Waals surface area contributed by atoms with Crippen molar-refractivity contribution in [3.63, 3.8) is 0 Å². The van der Waals surface area contributed by atoms with Gasteiger partial charge in [-0.2, -0.15) is 0 Å². The minimum atomic E-state index is 0.884. The second-order valence-corrected chi connectivity index (χ2v) is 8.44. The highest BCUT2D eigenvalue weighted by molar-refractivity contribution is 5.26. The maximum atomic E-state index is 2.32. The molecule has 1 fully saturated rings. The zero-order chi connectivity index (χ0) is 21.1. The van der Waals surface area contributed by atoms with Gasteiger partial charge >= 0.3 is 0 Å². The van der Waals surface area contributed by atoms with E-state index in [-0.39, 0.29) is 0 Å². The highest BCUT2D eigenvalue weighted by Gasteiger charge is 2.18. The van der Waals surface area contributed by atoms with E-state index >= 15 is 0 Å². The number of rotatable bonds is 3. The second kappa shape index (κ2) is 12.3. The van der Waals surface area contributed by atoms with E-state index in [0.717, 1.165) is 5.92 Å². The van der Waals surface area contributed by atoms with Gasteiger partial charge in [0.2, 0.25) is 0 Å². The largest absolute Gasteiger partial charge is 0.0651 e. The third-order valence-electron chi connectivity index (χ3n) is 5.41. The highest BCUT2D eigenvalue weighted by atomic mass is 14.2. The van der Waals surface area contributed by atoms with Gasteiger partial charge in [0.1, 0.15) is 0 Å². The van der Waals surface area contributed by atoms with Crippen LogP contribution in [-0.2, 0) is 6.42 Å². The quantitative estimate of drug-likeness (QED) is 0.423. The summed E-state index contributed by atoms with van der Waals surface area (Å²) < 4.78 is 0. The molecule has 0 aliphatic heterocycles. The van der Waals surface area contributed by atoms with Gasteiger partial charge in [-0.3, -0.25) is 0 Å². The fourth-order valence-corrected chi connectivity index (χ4v) is 3.63. The van der Waals surface area contributed by atoms with Crippen LogP contribution in [0.25, 0.3) is 0 Å². The van der Waals surface area contributed by atoms with E-state index in [4.69, 9.17) is 0 Å². The van der Waals surface area contributed by atoms with Gasteiger partial charge in [-0.15, -0.1) is 0 Å². The molecule has 0 atom stereocenters. The lowest BCUT2D eigenvalue weighted by Gasteiger charge is -2.25. The summed E-state index contributed by atoms with van der Waals surface area (Å²) in [5, 5.41) is 0. The molecule has 4 rings (SSSR count). The fraction of sp³-hybridized carbons (Fsp3) is 0.379. The Morgan fingerprint density at radius 3 is 1.59 bits per heavy atom. The molecule has 0 heterocycles.